The largest absolute Gasteiger partial charge is 0.370 e. The summed E-state index contributed by atoms with van der Waals surface area (Å²) in [5, 5.41) is 21.7. The molecule has 2 aromatic carbocycles. The molecule has 9 atom stereocenters. The van der Waals surface area contributed by atoms with Crippen molar-refractivity contribution in [1.29, 1.82) is 0 Å². The highest BCUT2D eigenvalue weighted by Gasteiger charge is 2.34. The average molecular weight is 1070 g/mol. The van der Waals surface area contributed by atoms with E-state index >= 15 is 0 Å². The van der Waals surface area contributed by atoms with E-state index in [2.05, 4.69) is 57.5 Å². The second-order valence-electron chi connectivity index (χ2n) is 20.4. The zero-order valence-electron chi connectivity index (χ0n) is 44.7. The summed E-state index contributed by atoms with van der Waals surface area (Å²) in [6, 6.07) is 5.97. The second kappa shape index (κ2) is 29.9. The van der Waals surface area contributed by atoms with Gasteiger partial charge in [-0.05, 0) is 67.6 Å². The molecule has 0 radical (unpaired) electrons. The zero-order chi connectivity index (χ0) is 56.9. The van der Waals surface area contributed by atoms with Gasteiger partial charge in [-0.3, -0.25) is 52.9 Å². The summed E-state index contributed by atoms with van der Waals surface area (Å²) in [5.74, 6) is -8.12. The molecule has 0 spiro atoms. The van der Waals surface area contributed by atoms with E-state index in [9.17, 15) is 47.9 Å². The number of aliphatic imine (C=N–C) groups is 2. The van der Waals surface area contributed by atoms with Gasteiger partial charge in [0, 0.05) is 42.6 Å². The molecule has 0 bridgehead atoms. The quantitative estimate of drug-likeness (QED) is 0.0378. The maximum Gasteiger partial charge on any atom is 0.243 e. The highest BCUT2D eigenvalue weighted by Crippen LogP contribution is 2.20. The van der Waals surface area contributed by atoms with Gasteiger partial charge in [0.05, 0.1) is 18.6 Å². The van der Waals surface area contributed by atoms with E-state index in [0.29, 0.717) is 5.56 Å². The SMILES string of the molecule is CC(C)C[C@H](NC(=O)[C@H](CC(C)C)NC(=O)[C@H](C[C@@H]1C=NC=N1)NC(=O)CNC(=O)[C@@H](NC(=O)[C@H](C)NC(=O)[C@H](Cc1c[nH]c2ccccc12)NC(=O)[C@H](CCC(N)=O)NC(=O)[C@H](N)Cc1ccccc1)C(C)C)C(N)=O. The average Bonchev–Trinajstić information content (AvgIpc) is 4.04. The van der Waals surface area contributed by atoms with Gasteiger partial charge < -0.3 is 64.7 Å². The number of nitrogens with one attached hydrogen (secondary N) is 9. The molecular formula is C53H76N14O10. The minimum absolute atomic E-state index is 0.0235. The molecule has 0 saturated carbocycles. The fourth-order valence-corrected chi connectivity index (χ4v) is 8.37. The smallest absolute Gasteiger partial charge is 0.243 e. The number of carbonyl (C=O) groups excluding carboxylic acids is 10. The Morgan fingerprint density at radius 1 is 0.610 bits per heavy atom. The molecule has 1 aliphatic heterocycles. The van der Waals surface area contributed by atoms with E-state index in [1.807, 2.05) is 52.0 Å². The molecule has 418 valence electrons. The lowest BCUT2D eigenvalue weighted by Crippen LogP contribution is -2.59. The molecule has 0 saturated heterocycles. The van der Waals surface area contributed by atoms with Crippen molar-refractivity contribution in [2.24, 2.45) is 44.9 Å². The number of hydrogen-bond acceptors (Lipinski definition) is 13. The summed E-state index contributed by atoms with van der Waals surface area (Å²) in [4.78, 5) is 145. The van der Waals surface area contributed by atoms with Crippen LogP contribution in [0.3, 0.4) is 0 Å². The molecular weight excluding hydrogens is 993 g/mol. The van der Waals surface area contributed by atoms with Crippen molar-refractivity contribution in [1.82, 2.24) is 47.5 Å². The summed E-state index contributed by atoms with van der Waals surface area (Å²) in [7, 11) is 0. The van der Waals surface area contributed by atoms with Crippen LogP contribution in [0.4, 0.5) is 0 Å². The third-order valence-corrected chi connectivity index (χ3v) is 12.5. The van der Waals surface area contributed by atoms with Crippen molar-refractivity contribution < 1.29 is 47.9 Å². The summed E-state index contributed by atoms with van der Waals surface area (Å²) in [6.45, 7) is 11.4. The first kappa shape index (κ1) is 61.5. The van der Waals surface area contributed by atoms with E-state index in [-0.39, 0.29) is 56.8 Å². The third kappa shape index (κ3) is 20.2. The Labute approximate surface area is 447 Å². The number of carbonyl (C=O) groups is 10. The highest BCUT2D eigenvalue weighted by molar-refractivity contribution is 5.98. The molecule has 1 aliphatic rings. The molecule has 0 fully saturated rings. The Morgan fingerprint density at radius 3 is 1.82 bits per heavy atom. The lowest BCUT2D eigenvalue weighted by Gasteiger charge is -2.27. The van der Waals surface area contributed by atoms with Crippen LogP contribution in [0.25, 0.3) is 10.9 Å². The fraction of sp³-hybridized carbons (Fsp3) is 0.509. The first-order chi connectivity index (χ1) is 36.4. The summed E-state index contributed by atoms with van der Waals surface area (Å²) in [6.07, 6.45) is 4.40. The lowest BCUT2D eigenvalue weighted by atomic mass is 9.99. The zero-order valence-corrected chi connectivity index (χ0v) is 44.7. The standard InChI is InChI=1S/C53H76N14O10/c1-28(2)19-39(46(56)70)64-51(75)40(20-29(3)4)65-52(76)42(23-34-25-57-27-60-34)62-44(69)26-59-53(77)45(30(5)6)67-47(71)31(7)61-50(74)41(22-33-24-58-37-16-12-11-15-35(33)37)66-49(73)38(17-18-43(55)68)63-48(72)36(54)21-32-13-9-8-10-14-32/h8-16,24-25,27-31,34,36,38-42,45,58H,17-23,26,54H2,1-7H3,(H2,55,68)(H2,56,70)(H,59,77)(H,61,74)(H,62,69)(H,63,72)(H,64,75)(H,65,76)(H,66,73)(H,67,71)/t31-,34+,36+,38-,39-,40-,41-,42-,45-/m0/s1. The number of H-pyrrole nitrogens is 1. The van der Waals surface area contributed by atoms with Gasteiger partial charge in [-0.15, -0.1) is 0 Å². The Bertz CT molecular complexity index is 2610. The Morgan fingerprint density at radius 2 is 1.19 bits per heavy atom. The van der Waals surface area contributed by atoms with Crippen molar-refractivity contribution in [3.8, 4) is 0 Å². The molecule has 1 aromatic heterocycles. The molecule has 15 N–H and O–H groups in total. The highest BCUT2D eigenvalue weighted by atomic mass is 16.2. The predicted octanol–water partition coefficient (Wildman–Crippen LogP) is -0.820. The van der Waals surface area contributed by atoms with Crippen molar-refractivity contribution in [3.63, 3.8) is 0 Å². The number of nitrogens with zero attached hydrogens (tertiary/aromatic N) is 2. The number of benzene rings is 2. The van der Waals surface area contributed by atoms with E-state index in [0.717, 1.165) is 16.5 Å². The number of hydrogen-bond donors (Lipinski definition) is 12. The molecule has 3 aromatic rings. The minimum atomic E-state index is -1.36. The number of aromatic amines is 1. The molecule has 24 heteroatoms. The van der Waals surface area contributed by atoms with Gasteiger partial charge in [0.25, 0.3) is 0 Å². The summed E-state index contributed by atoms with van der Waals surface area (Å²) < 4.78 is 0. The van der Waals surface area contributed by atoms with Crippen molar-refractivity contribution >= 4 is 82.5 Å². The van der Waals surface area contributed by atoms with Gasteiger partial charge in [0.1, 0.15) is 48.6 Å². The van der Waals surface area contributed by atoms with Crippen molar-refractivity contribution in [3.05, 3.63) is 71.9 Å². The summed E-state index contributed by atoms with van der Waals surface area (Å²) >= 11 is 0. The monoisotopic (exact) mass is 1070 g/mol. The number of amides is 10. The first-order valence-electron chi connectivity index (χ1n) is 25.8. The third-order valence-electron chi connectivity index (χ3n) is 12.5. The van der Waals surface area contributed by atoms with Gasteiger partial charge in [0.15, 0.2) is 0 Å². The second-order valence-corrected chi connectivity index (χ2v) is 20.4. The van der Waals surface area contributed by atoms with Gasteiger partial charge >= 0.3 is 0 Å². The number of para-hydroxylation sites is 1. The van der Waals surface area contributed by atoms with Crippen LogP contribution in [0.1, 0.15) is 91.7 Å². The van der Waals surface area contributed by atoms with Crippen LogP contribution in [0, 0.1) is 17.8 Å². The Kier molecular flexibility index (Phi) is 23.9. The van der Waals surface area contributed by atoms with Crippen LogP contribution in [0.5, 0.6) is 0 Å². The van der Waals surface area contributed by atoms with E-state index < -0.39 is 126 Å². The molecule has 0 aliphatic carbocycles. The topological polar surface area (TPSA) is 386 Å². The van der Waals surface area contributed by atoms with Gasteiger partial charge in [-0.25, -0.2) is 4.99 Å². The molecule has 24 nitrogen and oxygen atoms in total. The van der Waals surface area contributed by atoms with Crippen LogP contribution in [0.2, 0.25) is 0 Å². The van der Waals surface area contributed by atoms with E-state index in [1.165, 1.54) is 19.5 Å². The van der Waals surface area contributed by atoms with Gasteiger partial charge in [0.2, 0.25) is 59.1 Å². The fourth-order valence-electron chi connectivity index (χ4n) is 8.37. The number of aromatic nitrogens is 1. The first-order valence-corrected chi connectivity index (χ1v) is 25.8. The lowest BCUT2D eigenvalue weighted by molar-refractivity contribution is -0.135. The predicted molar refractivity (Wildman–Crippen MR) is 289 cm³/mol. The maximum absolute atomic E-state index is 14.2. The molecule has 4 rings (SSSR count). The van der Waals surface area contributed by atoms with Gasteiger partial charge in [-0.1, -0.05) is 90.1 Å². The van der Waals surface area contributed by atoms with Gasteiger partial charge in [-0.2, -0.15) is 0 Å². The van der Waals surface area contributed by atoms with Crippen LogP contribution < -0.4 is 59.7 Å². The number of rotatable bonds is 31. The Balaban J connectivity index is 1.45. The van der Waals surface area contributed by atoms with E-state index in [4.69, 9.17) is 17.2 Å². The maximum atomic E-state index is 14.2. The molecule has 77 heavy (non-hydrogen) atoms. The molecule has 0 unspecified atom stereocenters. The van der Waals surface area contributed by atoms with Crippen LogP contribution in [0.15, 0.2) is 70.8 Å². The summed E-state index contributed by atoms with van der Waals surface area (Å²) in [5.41, 5.74) is 19.4. The van der Waals surface area contributed by atoms with Crippen molar-refractivity contribution in [2.75, 3.05) is 6.54 Å². The number of primary amides is 2. The molecule has 10 amide bonds. The normalized spacial score (nSPS) is 16.0. The Hall–Kier alpha value is -8.02. The van der Waals surface area contributed by atoms with Crippen LogP contribution in [-0.4, -0.2) is 138 Å². The minimum Gasteiger partial charge on any atom is -0.370 e. The number of fused-ring (bicyclic) bond motifs is 1. The van der Waals surface area contributed by atoms with Crippen LogP contribution >= 0.6 is 0 Å². The van der Waals surface area contributed by atoms with Crippen LogP contribution in [-0.2, 0) is 60.8 Å². The van der Waals surface area contributed by atoms with Crippen molar-refractivity contribution in [2.45, 2.75) is 148 Å². The number of nitrogens with two attached hydrogens (primary N) is 3. The molecule has 2 heterocycles. The van der Waals surface area contributed by atoms with E-state index in [1.54, 1.807) is 50.4 Å².